The monoisotopic (exact) mass is 269 g/mol. The molecule has 0 atom stereocenters. The molecule has 2 amide bonds. The van der Waals surface area contributed by atoms with Gasteiger partial charge in [-0.3, -0.25) is 14.9 Å². The molecule has 0 aliphatic heterocycles. The van der Waals surface area contributed by atoms with Crippen LogP contribution >= 0.6 is 0 Å². The van der Waals surface area contributed by atoms with Gasteiger partial charge in [-0.1, -0.05) is 19.3 Å². The van der Waals surface area contributed by atoms with Crippen LogP contribution in [0, 0.1) is 0 Å². The number of hydrogen-bond acceptors (Lipinski definition) is 3. The van der Waals surface area contributed by atoms with Crippen LogP contribution in [-0.4, -0.2) is 36.5 Å². The molecule has 110 valence electrons. The number of rotatable bonds is 5. The summed E-state index contributed by atoms with van der Waals surface area (Å²) in [6, 6.07) is 0.325. The maximum Gasteiger partial charge on any atom is 0.234 e. The first-order valence-electron chi connectivity index (χ1n) is 7.18. The number of carbonyl (C=O) groups excluding carboxylic acids is 2. The summed E-state index contributed by atoms with van der Waals surface area (Å²) in [5, 5.41) is 8.72. The molecule has 1 aliphatic carbocycles. The van der Waals surface area contributed by atoms with Crippen molar-refractivity contribution in [2.75, 3.05) is 13.1 Å². The molecule has 1 saturated carbocycles. The zero-order valence-electron chi connectivity index (χ0n) is 12.3. The Kier molecular flexibility index (Phi) is 6.28. The van der Waals surface area contributed by atoms with Crippen molar-refractivity contribution in [3.05, 3.63) is 0 Å². The summed E-state index contributed by atoms with van der Waals surface area (Å²) in [4.78, 5) is 23.2. The van der Waals surface area contributed by atoms with Crippen molar-refractivity contribution in [3.8, 4) is 0 Å². The topological polar surface area (TPSA) is 70.2 Å². The van der Waals surface area contributed by atoms with Crippen LogP contribution in [0.3, 0.4) is 0 Å². The van der Waals surface area contributed by atoms with Gasteiger partial charge in [0, 0.05) is 11.6 Å². The van der Waals surface area contributed by atoms with E-state index in [4.69, 9.17) is 0 Å². The minimum Gasteiger partial charge on any atom is -0.352 e. The van der Waals surface area contributed by atoms with E-state index in [0.717, 1.165) is 12.8 Å². The molecule has 0 aromatic carbocycles. The molecule has 0 unspecified atom stereocenters. The van der Waals surface area contributed by atoms with E-state index in [9.17, 15) is 9.59 Å². The maximum absolute atomic E-state index is 11.7. The van der Waals surface area contributed by atoms with E-state index in [0.29, 0.717) is 6.04 Å². The van der Waals surface area contributed by atoms with Crippen LogP contribution in [0.25, 0.3) is 0 Å². The fraction of sp³-hybridized carbons (Fsp3) is 0.857. The molecule has 19 heavy (non-hydrogen) atoms. The van der Waals surface area contributed by atoms with Crippen molar-refractivity contribution >= 4 is 11.8 Å². The van der Waals surface area contributed by atoms with Crippen LogP contribution in [0.15, 0.2) is 0 Å². The lowest BCUT2D eigenvalue weighted by Crippen LogP contribution is -2.47. The van der Waals surface area contributed by atoms with E-state index in [1.54, 1.807) is 0 Å². The molecular weight excluding hydrogens is 242 g/mol. The van der Waals surface area contributed by atoms with E-state index in [-0.39, 0.29) is 30.4 Å². The minimum absolute atomic E-state index is 0.0181. The lowest BCUT2D eigenvalue weighted by Gasteiger charge is -2.23. The van der Waals surface area contributed by atoms with Crippen LogP contribution in [-0.2, 0) is 9.59 Å². The van der Waals surface area contributed by atoms with Crippen LogP contribution in [0.2, 0.25) is 0 Å². The third-order valence-electron chi connectivity index (χ3n) is 3.06. The van der Waals surface area contributed by atoms with Crippen molar-refractivity contribution in [1.29, 1.82) is 0 Å². The highest BCUT2D eigenvalue weighted by Crippen LogP contribution is 2.16. The third-order valence-corrected chi connectivity index (χ3v) is 3.06. The Balaban J connectivity index is 2.11. The Bertz CT molecular complexity index is 304. The molecular formula is C14H27N3O2. The second-order valence-electron chi connectivity index (χ2n) is 6.30. The molecule has 3 N–H and O–H groups in total. The highest BCUT2D eigenvalue weighted by atomic mass is 16.2. The second kappa shape index (κ2) is 7.48. The Hall–Kier alpha value is -1.10. The molecule has 0 spiro atoms. The average molecular weight is 269 g/mol. The molecule has 0 saturated heterocycles. The molecule has 1 rings (SSSR count). The molecule has 1 fully saturated rings. The lowest BCUT2D eigenvalue weighted by molar-refractivity contribution is -0.122. The summed E-state index contributed by atoms with van der Waals surface area (Å²) in [5.74, 6) is -0.103. The smallest absolute Gasteiger partial charge is 0.234 e. The number of hydrogen-bond donors (Lipinski definition) is 3. The normalized spacial score (nSPS) is 17.0. The van der Waals surface area contributed by atoms with Crippen LogP contribution in [0.5, 0.6) is 0 Å². The first kappa shape index (κ1) is 16.0. The van der Waals surface area contributed by atoms with E-state index >= 15 is 0 Å². The zero-order valence-corrected chi connectivity index (χ0v) is 12.3. The Morgan fingerprint density at radius 3 is 2.16 bits per heavy atom. The first-order valence-corrected chi connectivity index (χ1v) is 7.18. The maximum atomic E-state index is 11.7. The van der Waals surface area contributed by atoms with Crippen molar-refractivity contribution in [2.24, 2.45) is 0 Å². The summed E-state index contributed by atoms with van der Waals surface area (Å²) in [7, 11) is 0. The highest BCUT2D eigenvalue weighted by Gasteiger charge is 2.16. The first-order chi connectivity index (χ1) is 8.87. The van der Waals surface area contributed by atoms with Gasteiger partial charge in [0.25, 0.3) is 0 Å². The predicted octanol–water partition coefficient (Wildman–Crippen LogP) is 0.940. The Labute approximate surface area is 115 Å². The zero-order chi connectivity index (χ0) is 14.3. The van der Waals surface area contributed by atoms with Gasteiger partial charge < -0.3 is 10.6 Å². The Morgan fingerprint density at radius 2 is 1.58 bits per heavy atom. The fourth-order valence-corrected chi connectivity index (χ4v) is 2.28. The molecule has 0 radical (unpaired) electrons. The molecule has 0 aromatic heterocycles. The fourth-order valence-electron chi connectivity index (χ4n) is 2.28. The number of nitrogens with one attached hydrogen (secondary N) is 3. The van der Waals surface area contributed by atoms with Gasteiger partial charge in [-0.15, -0.1) is 0 Å². The van der Waals surface area contributed by atoms with Gasteiger partial charge in [-0.25, -0.2) is 0 Å². The van der Waals surface area contributed by atoms with Crippen molar-refractivity contribution in [3.63, 3.8) is 0 Å². The molecule has 0 bridgehead atoms. The molecule has 1 aliphatic rings. The van der Waals surface area contributed by atoms with Gasteiger partial charge in [0.2, 0.25) is 11.8 Å². The third kappa shape index (κ3) is 7.82. The van der Waals surface area contributed by atoms with E-state index in [1.807, 2.05) is 20.8 Å². The summed E-state index contributed by atoms with van der Waals surface area (Å²) in [5.41, 5.74) is -0.233. The number of amides is 2. The van der Waals surface area contributed by atoms with Crippen LogP contribution in [0.1, 0.15) is 52.9 Å². The number of carbonyl (C=O) groups is 2. The van der Waals surface area contributed by atoms with E-state index < -0.39 is 0 Å². The summed E-state index contributed by atoms with van der Waals surface area (Å²) >= 11 is 0. The van der Waals surface area contributed by atoms with Gasteiger partial charge >= 0.3 is 0 Å². The van der Waals surface area contributed by atoms with Crippen molar-refractivity contribution in [2.45, 2.75) is 64.5 Å². The summed E-state index contributed by atoms with van der Waals surface area (Å²) < 4.78 is 0. The van der Waals surface area contributed by atoms with E-state index in [2.05, 4.69) is 16.0 Å². The summed E-state index contributed by atoms with van der Waals surface area (Å²) in [6.07, 6.45) is 5.84. The van der Waals surface area contributed by atoms with Gasteiger partial charge in [-0.05, 0) is 33.6 Å². The Morgan fingerprint density at radius 1 is 1.00 bits per heavy atom. The summed E-state index contributed by atoms with van der Waals surface area (Å²) in [6.45, 7) is 6.17. The minimum atomic E-state index is -0.233. The average Bonchev–Trinajstić information content (AvgIpc) is 2.27. The van der Waals surface area contributed by atoms with Gasteiger partial charge in [0.05, 0.1) is 13.1 Å². The lowest BCUT2D eigenvalue weighted by atomic mass is 9.95. The van der Waals surface area contributed by atoms with Crippen LogP contribution < -0.4 is 16.0 Å². The van der Waals surface area contributed by atoms with Gasteiger partial charge in [0.1, 0.15) is 0 Å². The van der Waals surface area contributed by atoms with Gasteiger partial charge in [-0.2, -0.15) is 0 Å². The molecule has 5 nitrogen and oxygen atoms in total. The SMILES string of the molecule is CC(C)(C)NC(=O)CNCC(=O)NC1CCCCC1. The van der Waals surface area contributed by atoms with E-state index in [1.165, 1.54) is 19.3 Å². The molecule has 0 heterocycles. The quantitative estimate of drug-likeness (QED) is 0.695. The second-order valence-corrected chi connectivity index (χ2v) is 6.30. The molecule has 0 aromatic rings. The highest BCUT2D eigenvalue weighted by molar-refractivity contribution is 5.81. The van der Waals surface area contributed by atoms with Crippen molar-refractivity contribution in [1.82, 2.24) is 16.0 Å². The largest absolute Gasteiger partial charge is 0.352 e. The van der Waals surface area contributed by atoms with Crippen LogP contribution in [0.4, 0.5) is 0 Å². The van der Waals surface area contributed by atoms with Gasteiger partial charge in [0.15, 0.2) is 0 Å². The standard InChI is InChI=1S/C14H27N3O2/c1-14(2,3)17-13(19)10-15-9-12(18)16-11-7-5-4-6-8-11/h11,15H,4-10H2,1-3H3,(H,16,18)(H,17,19). The van der Waals surface area contributed by atoms with Crippen molar-refractivity contribution < 1.29 is 9.59 Å². The predicted molar refractivity (Wildman–Crippen MR) is 75.8 cm³/mol. The molecule has 5 heteroatoms.